The van der Waals surface area contributed by atoms with Gasteiger partial charge in [0.1, 0.15) is 11.6 Å². The van der Waals surface area contributed by atoms with E-state index in [1.54, 1.807) is 6.07 Å². The van der Waals surface area contributed by atoms with Crippen molar-refractivity contribution in [1.82, 2.24) is 4.98 Å². The Hall–Kier alpha value is -2.46. The number of ether oxygens (including phenoxy) is 1. The molecule has 0 saturated carbocycles. The van der Waals surface area contributed by atoms with Gasteiger partial charge in [0.05, 0.1) is 12.1 Å². The third kappa shape index (κ3) is 3.02. The van der Waals surface area contributed by atoms with Crippen LogP contribution in [0.2, 0.25) is 0 Å². The van der Waals surface area contributed by atoms with Gasteiger partial charge in [-0.05, 0) is 42.3 Å². The summed E-state index contributed by atoms with van der Waals surface area (Å²) in [5.41, 5.74) is 14.6. The molecule has 0 fully saturated rings. The third-order valence-corrected chi connectivity index (χ3v) is 2.42. The number of fused-ring (bicyclic) bond motifs is 1. The van der Waals surface area contributed by atoms with Crippen LogP contribution in [-0.2, 0) is 0 Å². The second-order valence-electron chi connectivity index (χ2n) is 3.75. The number of anilines is 1. The van der Waals surface area contributed by atoms with Gasteiger partial charge in [-0.1, -0.05) is 5.11 Å². The zero-order valence-electron chi connectivity index (χ0n) is 9.78. The van der Waals surface area contributed by atoms with Gasteiger partial charge in [0.25, 0.3) is 0 Å². The smallest absolute Gasteiger partial charge is 0.124 e. The van der Waals surface area contributed by atoms with Crippen molar-refractivity contribution in [2.45, 2.75) is 6.42 Å². The maximum absolute atomic E-state index is 8.12. The number of nitrogens with two attached hydrogens (primary N) is 1. The first-order valence-electron chi connectivity index (χ1n) is 5.59. The molecule has 0 aliphatic carbocycles. The lowest BCUT2D eigenvalue weighted by atomic mass is 10.2. The maximum atomic E-state index is 8.12. The van der Waals surface area contributed by atoms with Crippen molar-refractivity contribution in [1.29, 1.82) is 0 Å². The van der Waals surface area contributed by atoms with Crippen LogP contribution < -0.4 is 10.5 Å². The molecule has 18 heavy (non-hydrogen) atoms. The maximum Gasteiger partial charge on any atom is 0.124 e. The van der Waals surface area contributed by atoms with Gasteiger partial charge in [-0.2, -0.15) is 0 Å². The molecule has 1 aromatic carbocycles. The summed E-state index contributed by atoms with van der Waals surface area (Å²) in [5, 5.41) is 4.42. The number of azide groups is 1. The molecule has 0 saturated heterocycles. The summed E-state index contributed by atoms with van der Waals surface area (Å²) in [6, 6.07) is 9.30. The van der Waals surface area contributed by atoms with E-state index in [1.807, 2.05) is 24.3 Å². The molecule has 1 aromatic heterocycles. The number of pyridine rings is 1. The lowest BCUT2D eigenvalue weighted by molar-refractivity contribution is 0.314. The van der Waals surface area contributed by atoms with E-state index in [2.05, 4.69) is 15.0 Å². The first kappa shape index (κ1) is 12.0. The molecular weight excluding hydrogens is 230 g/mol. The van der Waals surface area contributed by atoms with E-state index in [1.165, 1.54) is 0 Å². The van der Waals surface area contributed by atoms with Crippen molar-refractivity contribution in [3.8, 4) is 5.75 Å². The Balaban J connectivity index is 2.01. The minimum Gasteiger partial charge on any atom is -0.494 e. The molecule has 0 aliphatic heterocycles. The molecule has 0 aliphatic rings. The summed E-state index contributed by atoms with van der Waals surface area (Å²) < 4.78 is 5.55. The van der Waals surface area contributed by atoms with Crippen molar-refractivity contribution in [3.05, 3.63) is 40.8 Å². The van der Waals surface area contributed by atoms with Crippen molar-refractivity contribution in [2.24, 2.45) is 5.11 Å². The summed E-state index contributed by atoms with van der Waals surface area (Å²) in [4.78, 5) is 6.88. The Bertz CT molecular complexity index is 592. The van der Waals surface area contributed by atoms with Crippen LogP contribution in [0.25, 0.3) is 21.3 Å². The van der Waals surface area contributed by atoms with Gasteiger partial charge in [-0.3, -0.25) is 0 Å². The van der Waals surface area contributed by atoms with Crippen LogP contribution in [-0.4, -0.2) is 18.1 Å². The van der Waals surface area contributed by atoms with Crippen LogP contribution in [0.4, 0.5) is 5.82 Å². The van der Waals surface area contributed by atoms with E-state index < -0.39 is 0 Å². The molecule has 1 heterocycles. The van der Waals surface area contributed by atoms with Crippen molar-refractivity contribution in [3.63, 3.8) is 0 Å². The number of hydrogen-bond donors (Lipinski definition) is 1. The number of aromatic nitrogens is 1. The number of rotatable bonds is 5. The van der Waals surface area contributed by atoms with E-state index in [-0.39, 0.29) is 0 Å². The van der Waals surface area contributed by atoms with Gasteiger partial charge in [0.15, 0.2) is 0 Å². The lowest BCUT2D eigenvalue weighted by Crippen LogP contribution is -1.99. The Morgan fingerprint density at radius 1 is 1.33 bits per heavy atom. The second kappa shape index (κ2) is 5.75. The summed E-state index contributed by atoms with van der Waals surface area (Å²) in [6.07, 6.45) is 0.697. The van der Waals surface area contributed by atoms with Gasteiger partial charge >= 0.3 is 0 Å². The monoisotopic (exact) mass is 243 g/mol. The highest BCUT2D eigenvalue weighted by Crippen LogP contribution is 2.20. The fraction of sp³-hybridized carbons (Fsp3) is 0.250. The highest BCUT2D eigenvalue weighted by atomic mass is 16.5. The molecule has 0 amide bonds. The average molecular weight is 243 g/mol. The van der Waals surface area contributed by atoms with Crippen LogP contribution in [0.5, 0.6) is 5.75 Å². The molecule has 0 radical (unpaired) electrons. The van der Waals surface area contributed by atoms with E-state index in [0.29, 0.717) is 25.4 Å². The largest absolute Gasteiger partial charge is 0.494 e. The molecule has 2 rings (SSSR count). The fourth-order valence-corrected chi connectivity index (χ4v) is 1.58. The normalized spacial score (nSPS) is 10.0. The van der Waals surface area contributed by atoms with Crippen LogP contribution in [0.3, 0.4) is 0 Å². The molecule has 0 spiro atoms. The van der Waals surface area contributed by atoms with Crippen LogP contribution in [0.1, 0.15) is 6.42 Å². The Morgan fingerprint density at radius 2 is 2.22 bits per heavy atom. The highest BCUT2D eigenvalue weighted by molar-refractivity contribution is 5.81. The molecule has 2 aromatic rings. The van der Waals surface area contributed by atoms with E-state index in [9.17, 15) is 0 Å². The predicted molar refractivity (Wildman–Crippen MR) is 70.3 cm³/mol. The summed E-state index contributed by atoms with van der Waals surface area (Å²) in [5.74, 6) is 1.28. The van der Waals surface area contributed by atoms with Crippen LogP contribution in [0, 0.1) is 0 Å². The van der Waals surface area contributed by atoms with Gasteiger partial charge in [-0.15, -0.1) is 0 Å². The highest BCUT2D eigenvalue weighted by Gasteiger charge is 1.99. The zero-order chi connectivity index (χ0) is 12.8. The molecule has 92 valence electrons. The van der Waals surface area contributed by atoms with Crippen molar-refractivity contribution < 1.29 is 4.74 Å². The second-order valence-corrected chi connectivity index (χ2v) is 3.75. The van der Waals surface area contributed by atoms with Gasteiger partial charge in [0.2, 0.25) is 0 Å². The molecule has 2 N–H and O–H groups in total. The van der Waals surface area contributed by atoms with Gasteiger partial charge in [0, 0.05) is 16.8 Å². The summed E-state index contributed by atoms with van der Waals surface area (Å²) >= 11 is 0. The van der Waals surface area contributed by atoms with Gasteiger partial charge < -0.3 is 10.5 Å². The summed E-state index contributed by atoms with van der Waals surface area (Å²) in [6.45, 7) is 0.967. The van der Waals surface area contributed by atoms with Crippen molar-refractivity contribution >= 4 is 16.7 Å². The Labute approximate surface area is 104 Å². The van der Waals surface area contributed by atoms with E-state index in [0.717, 1.165) is 16.7 Å². The first-order chi connectivity index (χ1) is 8.79. The van der Waals surface area contributed by atoms with Gasteiger partial charge in [-0.25, -0.2) is 4.98 Å². The average Bonchev–Trinajstić information content (AvgIpc) is 2.38. The number of nitrogen functional groups attached to an aromatic ring is 1. The summed E-state index contributed by atoms with van der Waals surface area (Å²) in [7, 11) is 0. The minimum absolute atomic E-state index is 0.447. The SMILES string of the molecule is [N-]=[N+]=NCCCOc1ccc2nc(N)ccc2c1. The van der Waals surface area contributed by atoms with E-state index >= 15 is 0 Å². The van der Waals surface area contributed by atoms with Crippen LogP contribution >= 0.6 is 0 Å². The Kier molecular flexibility index (Phi) is 3.83. The quantitative estimate of drug-likeness (QED) is 0.378. The molecule has 0 bridgehead atoms. The number of nitrogens with zero attached hydrogens (tertiary/aromatic N) is 4. The van der Waals surface area contributed by atoms with Crippen LogP contribution in [0.15, 0.2) is 35.4 Å². The topological polar surface area (TPSA) is 96.9 Å². The number of hydrogen-bond acceptors (Lipinski definition) is 4. The minimum atomic E-state index is 0.447. The Morgan fingerprint density at radius 3 is 3.06 bits per heavy atom. The zero-order valence-corrected chi connectivity index (χ0v) is 9.78. The molecular formula is C12H13N5O. The molecule has 6 heteroatoms. The standard InChI is InChI=1S/C12H13N5O/c13-12-5-2-9-8-10(3-4-11(9)16-12)18-7-1-6-15-17-14/h2-5,8H,1,6-7H2,(H2,13,16). The fourth-order valence-electron chi connectivity index (χ4n) is 1.58. The van der Waals surface area contributed by atoms with Crippen molar-refractivity contribution in [2.75, 3.05) is 18.9 Å². The molecule has 0 unspecified atom stereocenters. The van der Waals surface area contributed by atoms with E-state index in [4.69, 9.17) is 16.0 Å². The number of benzene rings is 1. The molecule has 6 nitrogen and oxygen atoms in total. The predicted octanol–water partition coefficient (Wildman–Crippen LogP) is 2.90. The molecule has 0 atom stereocenters. The third-order valence-electron chi connectivity index (χ3n) is 2.42. The lowest BCUT2D eigenvalue weighted by Gasteiger charge is -2.06. The first-order valence-corrected chi connectivity index (χ1v) is 5.59.